The van der Waals surface area contributed by atoms with Crippen LogP contribution in [0.25, 0.3) is 0 Å². The second-order valence-corrected chi connectivity index (χ2v) is 10.2. The Morgan fingerprint density at radius 2 is 1.93 bits per heavy atom. The second-order valence-electron chi connectivity index (χ2n) is 6.91. The van der Waals surface area contributed by atoms with Gasteiger partial charge in [-0.1, -0.05) is 49.7 Å². The summed E-state index contributed by atoms with van der Waals surface area (Å²) in [4.78, 5) is 12.6. The smallest absolute Gasteiger partial charge is 0.241 e. The van der Waals surface area contributed by atoms with E-state index in [2.05, 4.69) is 16.1 Å². The Hall–Kier alpha value is -2.05. The minimum atomic E-state index is -3.88. The lowest BCUT2D eigenvalue weighted by Crippen LogP contribution is -2.50. The molecule has 6 nitrogen and oxygen atoms in total. The summed E-state index contributed by atoms with van der Waals surface area (Å²) >= 11 is 7.47. The molecule has 9 heteroatoms. The first-order valence-electron chi connectivity index (χ1n) is 9.36. The van der Waals surface area contributed by atoms with Crippen molar-refractivity contribution in [2.45, 2.75) is 30.5 Å². The maximum absolute atomic E-state index is 12.6. The van der Waals surface area contributed by atoms with E-state index in [-0.39, 0.29) is 16.7 Å². The Balaban J connectivity index is 1.89. The van der Waals surface area contributed by atoms with Gasteiger partial charge in [-0.05, 0) is 35.7 Å². The number of hydrogen-bond acceptors (Lipinski definition) is 5. The summed E-state index contributed by atoms with van der Waals surface area (Å²) in [7, 11) is -3.88. The van der Waals surface area contributed by atoms with Crippen LogP contribution in [-0.4, -0.2) is 32.7 Å². The molecule has 0 fully saturated rings. The average molecular weight is 466 g/mol. The van der Waals surface area contributed by atoms with Crippen LogP contribution in [0, 0.1) is 17.2 Å². The molecule has 1 amide bonds. The third kappa shape index (κ3) is 7.03. The van der Waals surface area contributed by atoms with Crippen molar-refractivity contribution in [3.8, 4) is 6.07 Å². The Bertz CT molecular complexity index is 1020. The summed E-state index contributed by atoms with van der Waals surface area (Å²) in [6.07, 6.45) is 0. The number of nitrogens with one attached hydrogen (secondary N) is 2. The lowest BCUT2D eigenvalue weighted by Gasteiger charge is -2.21. The highest BCUT2D eigenvalue weighted by molar-refractivity contribution is 7.98. The highest BCUT2D eigenvalue weighted by Gasteiger charge is 2.28. The van der Waals surface area contributed by atoms with Gasteiger partial charge in [-0.3, -0.25) is 4.79 Å². The molecule has 0 spiro atoms. The average Bonchev–Trinajstić information content (AvgIpc) is 2.71. The molecule has 0 saturated heterocycles. The van der Waals surface area contributed by atoms with Crippen LogP contribution in [0.2, 0.25) is 5.02 Å². The molecule has 1 atom stereocenters. The van der Waals surface area contributed by atoms with Gasteiger partial charge in [-0.25, -0.2) is 8.42 Å². The predicted molar refractivity (Wildman–Crippen MR) is 121 cm³/mol. The van der Waals surface area contributed by atoms with E-state index in [9.17, 15) is 13.2 Å². The number of halogens is 1. The SMILES string of the molecule is CC(C)[C@H](NS(=O)(=O)c1cccc(Cl)c1)C(=O)NCCSCc1ccccc1C#N. The molecule has 160 valence electrons. The minimum Gasteiger partial charge on any atom is -0.354 e. The second kappa shape index (κ2) is 11.4. The molecule has 0 bridgehead atoms. The fourth-order valence-electron chi connectivity index (χ4n) is 2.66. The third-order valence-corrected chi connectivity index (χ3v) is 6.96. The molecule has 0 unspecified atom stereocenters. The molecular formula is C21H24ClN3O3S2. The third-order valence-electron chi connectivity index (χ3n) is 4.28. The Kier molecular flexibility index (Phi) is 9.18. The number of sulfonamides is 1. The van der Waals surface area contributed by atoms with E-state index < -0.39 is 16.1 Å². The molecule has 0 saturated carbocycles. The number of carbonyl (C=O) groups excluding carboxylic acids is 1. The van der Waals surface area contributed by atoms with E-state index in [0.717, 1.165) is 5.56 Å². The predicted octanol–water partition coefficient (Wildman–Crippen LogP) is 3.56. The van der Waals surface area contributed by atoms with Gasteiger partial charge in [0.2, 0.25) is 15.9 Å². The van der Waals surface area contributed by atoms with Gasteiger partial charge in [0, 0.05) is 23.1 Å². The summed E-state index contributed by atoms with van der Waals surface area (Å²) in [5, 5.41) is 12.2. The van der Waals surface area contributed by atoms with Crippen LogP contribution >= 0.6 is 23.4 Å². The Morgan fingerprint density at radius 3 is 2.60 bits per heavy atom. The van der Waals surface area contributed by atoms with Crippen LogP contribution in [-0.2, 0) is 20.6 Å². The van der Waals surface area contributed by atoms with Crippen molar-refractivity contribution < 1.29 is 13.2 Å². The number of benzene rings is 2. The monoisotopic (exact) mass is 465 g/mol. The van der Waals surface area contributed by atoms with E-state index in [4.69, 9.17) is 16.9 Å². The number of thioether (sulfide) groups is 1. The van der Waals surface area contributed by atoms with Crippen LogP contribution in [0.1, 0.15) is 25.0 Å². The van der Waals surface area contributed by atoms with Crippen molar-refractivity contribution in [1.29, 1.82) is 5.26 Å². The van der Waals surface area contributed by atoms with Gasteiger partial charge >= 0.3 is 0 Å². The first-order valence-corrected chi connectivity index (χ1v) is 12.4. The van der Waals surface area contributed by atoms with Crippen molar-refractivity contribution in [3.63, 3.8) is 0 Å². The molecule has 0 aliphatic carbocycles. The normalized spacial score (nSPS) is 12.4. The van der Waals surface area contributed by atoms with Gasteiger partial charge in [0.25, 0.3) is 0 Å². The summed E-state index contributed by atoms with van der Waals surface area (Å²) in [5.41, 5.74) is 1.59. The molecule has 30 heavy (non-hydrogen) atoms. The van der Waals surface area contributed by atoms with Crippen LogP contribution in [0.15, 0.2) is 53.4 Å². The number of carbonyl (C=O) groups is 1. The van der Waals surface area contributed by atoms with Crippen molar-refractivity contribution in [1.82, 2.24) is 10.0 Å². The lowest BCUT2D eigenvalue weighted by molar-refractivity contribution is -0.123. The molecule has 2 aromatic carbocycles. The highest BCUT2D eigenvalue weighted by atomic mass is 35.5. The molecule has 2 N–H and O–H groups in total. The van der Waals surface area contributed by atoms with Crippen molar-refractivity contribution in [3.05, 3.63) is 64.7 Å². The molecule has 0 aromatic heterocycles. The van der Waals surface area contributed by atoms with E-state index in [1.807, 2.05) is 18.2 Å². The highest BCUT2D eigenvalue weighted by Crippen LogP contribution is 2.17. The van der Waals surface area contributed by atoms with E-state index in [0.29, 0.717) is 28.6 Å². The van der Waals surface area contributed by atoms with Gasteiger partial charge in [-0.2, -0.15) is 21.7 Å². The van der Waals surface area contributed by atoms with Crippen LogP contribution in [0.3, 0.4) is 0 Å². The van der Waals surface area contributed by atoms with Crippen molar-refractivity contribution in [2.24, 2.45) is 5.92 Å². The molecule has 0 heterocycles. The number of nitriles is 1. The maximum atomic E-state index is 12.6. The Morgan fingerprint density at radius 1 is 1.20 bits per heavy atom. The fraction of sp³-hybridized carbons (Fsp3) is 0.333. The lowest BCUT2D eigenvalue weighted by atomic mass is 10.1. The summed E-state index contributed by atoms with van der Waals surface area (Å²) in [5.74, 6) is 0.675. The number of nitrogens with zero attached hydrogens (tertiary/aromatic N) is 1. The van der Waals surface area contributed by atoms with Crippen LogP contribution in [0.4, 0.5) is 0 Å². The number of rotatable bonds is 10. The summed E-state index contributed by atoms with van der Waals surface area (Å²) < 4.78 is 27.7. The van der Waals surface area contributed by atoms with Gasteiger partial charge in [-0.15, -0.1) is 0 Å². The minimum absolute atomic E-state index is 0.0140. The molecule has 0 aliphatic heterocycles. The molecule has 2 aromatic rings. The zero-order valence-corrected chi connectivity index (χ0v) is 19.2. The molecule has 0 radical (unpaired) electrons. The standard InChI is InChI=1S/C21H24ClN3O3S2/c1-15(2)20(25-30(27,28)19-9-5-8-18(22)12-19)21(26)24-10-11-29-14-17-7-4-3-6-16(17)13-23/h3-9,12,15,20,25H,10-11,14H2,1-2H3,(H,24,26)/t20-/m0/s1. The Labute approximate surface area is 187 Å². The molecule has 2 rings (SSSR count). The molecule has 0 aliphatic rings. The van der Waals surface area contributed by atoms with E-state index >= 15 is 0 Å². The van der Waals surface area contributed by atoms with Crippen molar-refractivity contribution >= 4 is 39.3 Å². The van der Waals surface area contributed by atoms with Crippen LogP contribution in [0.5, 0.6) is 0 Å². The van der Waals surface area contributed by atoms with Gasteiger partial charge in [0.15, 0.2) is 0 Å². The quantitative estimate of drug-likeness (QED) is 0.522. The zero-order valence-electron chi connectivity index (χ0n) is 16.8. The van der Waals surface area contributed by atoms with Crippen LogP contribution < -0.4 is 10.0 Å². The molecular weight excluding hydrogens is 442 g/mol. The first kappa shape index (κ1) is 24.2. The van der Waals surface area contributed by atoms with E-state index in [1.54, 1.807) is 43.8 Å². The number of hydrogen-bond donors (Lipinski definition) is 2. The summed E-state index contributed by atoms with van der Waals surface area (Å²) in [6, 6.07) is 14.6. The van der Waals surface area contributed by atoms with Gasteiger partial charge in [0.05, 0.1) is 16.5 Å². The van der Waals surface area contributed by atoms with Gasteiger partial charge in [0.1, 0.15) is 6.04 Å². The largest absolute Gasteiger partial charge is 0.354 e. The fourth-order valence-corrected chi connectivity index (χ4v) is 5.16. The maximum Gasteiger partial charge on any atom is 0.241 e. The van der Waals surface area contributed by atoms with E-state index in [1.165, 1.54) is 12.1 Å². The summed E-state index contributed by atoms with van der Waals surface area (Å²) in [6.45, 7) is 3.94. The zero-order chi connectivity index (χ0) is 22.1. The number of amides is 1. The van der Waals surface area contributed by atoms with Gasteiger partial charge < -0.3 is 5.32 Å². The van der Waals surface area contributed by atoms with Crippen molar-refractivity contribution in [2.75, 3.05) is 12.3 Å². The topological polar surface area (TPSA) is 99.1 Å². The first-order chi connectivity index (χ1) is 14.2.